The van der Waals surface area contributed by atoms with Gasteiger partial charge >= 0.3 is 21.2 Å². The molecular formula is C28H26I+. The Morgan fingerprint density at radius 2 is 1.07 bits per heavy atom. The number of rotatable bonds is 4. The van der Waals surface area contributed by atoms with Gasteiger partial charge in [-0.15, -0.1) is 0 Å². The van der Waals surface area contributed by atoms with Crippen LogP contribution in [0.25, 0.3) is 22.3 Å². The van der Waals surface area contributed by atoms with Gasteiger partial charge in [-0.1, -0.05) is 99.6 Å². The molecule has 0 fully saturated rings. The maximum atomic E-state index is 2.38. The fourth-order valence-electron chi connectivity index (χ4n) is 3.75. The summed E-state index contributed by atoms with van der Waals surface area (Å²) >= 11 is -0.251. The van der Waals surface area contributed by atoms with Gasteiger partial charge in [0.05, 0.1) is 0 Å². The van der Waals surface area contributed by atoms with Crippen LogP contribution in [0.3, 0.4) is 0 Å². The second kappa shape index (κ2) is 8.54. The maximum Gasteiger partial charge on any atom is 0.358 e. The average Bonchev–Trinajstić information content (AvgIpc) is 2.74. The molecule has 0 aromatic heterocycles. The topological polar surface area (TPSA) is 0 Å². The van der Waals surface area contributed by atoms with Crippen molar-refractivity contribution >= 4 is 0 Å². The minimum Gasteiger partial charge on any atom is -0.0622 e. The highest BCUT2D eigenvalue weighted by Crippen LogP contribution is 2.40. The molecule has 0 saturated carbocycles. The number of hydrogen-bond donors (Lipinski definition) is 0. The SMILES string of the molecule is CC(C)(C)c1c([I+]c2ccccc2)ccc(-c2ccccc2)c1-c1ccccc1. The summed E-state index contributed by atoms with van der Waals surface area (Å²) in [6, 6.07) is 37.4. The molecule has 4 aromatic rings. The van der Waals surface area contributed by atoms with Gasteiger partial charge in [0.1, 0.15) is 0 Å². The Kier molecular flexibility index (Phi) is 5.86. The van der Waals surface area contributed by atoms with Crippen molar-refractivity contribution < 1.29 is 21.2 Å². The zero-order valence-electron chi connectivity index (χ0n) is 17.2. The molecule has 0 atom stereocenters. The summed E-state index contributed by atoms with van der Waals surface area (Å²) in [5, 5.41) is 0. The fraction of sp³-hybridized carbons (Fsp3) is 0.143. The number of halogens is 1. The van der Waals surface area contributed by atoms with Crippen LogP contribution in [0, 0.1) is 7.14 Å². The smallest absolute Gasteiger partial charge is 0.0622 e. The second-order valence-corrected chi connectivity index (χ2v) is 11.2. The number of hydrogen-bond acceptors (Lipinski definition) is 0. The summed E-state index contributed by atoms with van der Waals surface area (Å²) in [6.45, 7) is 7.05. The molecule has 0 unspecified atom stereocenters. The lowest BCUT2D eigenvalue weighted by molar-refractivity contribution is -0.598. The van der Waals surface area contributed by atoms with Crippen LogP contribution in [0.2, 0.25) is 0 Å². The van der Waals surface area contributed by atoms with Gasteiger partial charge in [0.25, 0.3) is 0 Å². The van der Waals surface area contributed by atoms with Crippen LogP contribution in [0.5, 0.6) is 0 Å². The third-order valence-corrected chi connectivity index (χ3v) is 7.82. The molecule has 4 aromatic carbocycles. The molecule has 0 N–H and O–H groups in total. The van der Waals surface area contributed by atoms with Crippen molar-refractivity contribution in [2.75, 3.05) is 0 Å². The van der Waals surface area contributed by atoms with E-state index < -0.39 is 0 Å². The average molecular weight is 489 g/mol. The Bertz CT molecular complexity index is 1080. The van der Waals surface area contributed by atoms with Crippen LogP contribution < -0.4 is 21.2 Å². The molecule has 29 heavy (non-hydrogen) atoms. The second-order valence-electron chi connectivity index (χ2n) is 8.22. The predicted molar refractivity (Wildman–Crippen MR) is 120 cm³/mol. The van der Waals surface area contributed by atoms with Crippen molar-refractivity contribution in [2.24, 2.45) is 0 Å². The molecule has 0 aliphatic rings. The molecule has 0 saturated heterocycles. The quantitative estimate of drug-likeness (QED) is 0.372. The summed E-state index contributed by atoms with van der Waals surface area (Å²) < 4.78 is 2.98. The zero-order chi connectivity index (χ0) is 20.3. The first kappa shape index (κ1) is 19.9. The van der Waals surface area contributed by atoms with Gasteiger partial charge in [0.15, 0.2) is 7.14 Å². The van der Waals surface area contributed by atoms with Crippen molar-refractivity contribution in [3.8, 4) is 22.3 Å². The van der Waals surface area contributed by atoms with E-state index in [-0.39, 0.29) is 26.6 Å². The van der Waals surface area contributed by atoms with E-state index in [0.29, 0.717) is 0 Å². The summed E-state index contributed by atoms with van der Waals surface area (Å²) in [7, 11) is 0. The molecule has 4 rings (SSSR count). The first-order chi connectivity index (χ1) is 14.0. The minimum atomic E-state index is -0.251. The summed E-state index contributed by atoms with van der Waals surface area (Å²) in [5.41, 5.74) is 6.83. The van der Waals surface area contributed by atoms with Gasteiger partial charge < -0.3 is 0 Å². The summed E-state index contributed by atoms with van der Waals surface area (Å²) in [6.07, 6.45) is 0. The Labute approximate surface area is 184 Å². The third kappa shape index (κ3) is 4.45. The molecule has 0 amide bonds. The van der Waals surface area contributed by atoms with Crippen LogP contribution in [0.15, 0.2) is 103 Å². The van der Waals surface area contributed by atoms with Gasteiger partial charge in [-0.3, -0.25) is 0 Å². The van der Waals surface area contributed by atoms with Crippen LogP contribution >= 0.6 is 0 Å². The molecule has 0 nitrogen and oxygen atoms in total. The van der Waals surface area contributed by atoms with Crippen molar-refractivity contribution in [2.45, 2.75) is 26.2 Å². The molecule has 0 radical (unpaired) electrons. The van der Waals surface area contributed by atoms with Gasteiger partial charge in [0, 0.05) is 5.56 Å². The van der Waals surface area contributed by atoms with Gasteiger partial charge in [-0.2, -0.15) is 0 Å². The Balaban J connectivity index is 2.00. The van der Waals surface area contributed by atoms with E-state index in [9.17, 15) is 0 Å². The summed E-state index contributed by atoms with van der Waals surface area (Å²) in [4.78, 5) is 0. The van der Waals surface area contributed by atoms with E-state index in [0.717, 1.165) is 0 Å². The number of benzene rings is 4. The molecule has 0 bridgehead atoms. The van der Waals surface area contributed by atoms with Gasteiger partial charge in [-0.05, 0) is 51.9 Å². The van der Waals surface area contributed by atoms with Gasteiger partial charge in [0.2, 0.25) is 0 Å². The Morgan fingerprint density at radius 3 is 1.62 bits per heavy atom. The Hall–Kier alpha value is -2.39. The van der Waals surface area contributed by atoms with Crippen LogP contribution in [0.4, 0.5) is 0 Å². The lowest BCUT2D eigenvalue weighted by atomic mass is 9.79. The fourth-order valence-corrected chi connectivity index (χ4v) is 6.90. The van der Waals surface area contributed by atoms with E-state index in [2.05, 4.69) is 124 Å². The van der Waals surface area contributed by atoms with E-state index in [1.165, 1.54) is 35.0 Å². The molecule has 0 aliphatic heterocycles. The first-order valence-corrected chi connectivity index (χ1v) is 12.2. The normalized spacial score (nSPS) is 11.4. The largest absolute Gasteiger partial charge is 0.358 e. The minimum absolute atomic E-state index is 0.0554. The van der Waals surface area contributed by atoms with Crippen LogP contribution in [-0.2, 0) is 5.41 Å². The highest BCUT2D eigenvalue weighted by Gasteiger charge is 2.32. The van der Waals surface area contributed by atoms with Crippen molar-refractivity contribution in [1.82, 2.24) is 0 Å². The zero-order valence-corrected chi connectivity index (χ0v) is 19.4. The highest BCUT2D eigenvalue weighted by molar-refractivity contribution is 5.86. The third-order valence-electron chi connectivity index (χ3n) is 5.00. The maximum absolute atomic E-state index is 2.38. The first-order valence-electron chi connectivity index (χ1n) is 10.0. The molecule has 0 aliphatic carbocycles. The molecule has 0 spiro atoms. The molecule has 0 heterocycles. The van der Waals surface area contributed by atoms with E-state index >= 15 is 0 Å². The monoisotopic (exact) mass is 489 g/mol. The van der Waals surface area contributed by atoms with E-state index in [4.69, 9.17) is 0 Å². The molecule has 144 valence electrons. The highest BCUT2D eigenvalue weighted by atomic mass is 127. The van der Waals surface area contributed by atoms with Crippen LogP contribution in [-0.4, -0.2) is 0 Å². The lowest BCUT2D eigenvalue weighted by Gasteiger charge is -2.25. The van der Waals surface area contributed by atoms with Crippen LogP contribution in [0.1, 0.15) is 26.3 Å². The standard InChI is InChI=1S/C28H26I/c1-28(2,3)27-25(29-23-17-11-6-12-18-23)20-19-24(21-13-7-4-8-14-21)26(27)22-15-9-5-10-16-22/h4-20H,1-3H3/q+1. The lowest BCUT2D eigenvalue weighted by Crippen LogP contribution is -3.61. The molecule has 1 heteroatoms. The van der Waals surface area contributed by atoms with E-state index in [1.807, 2.05) is 0 Å². The van der Waals surface area contributed by atoms with Crippen molar-refractivity contribution in [3.05, 3.63) is 116 Å². The molecular weight excluding hydrogens is 463 g/mol. The van der Waals surface area contributed by atoms with Crippen molar-refractivity contribution in [3.63, 3.8) is 0 Å². The van der Waals surface area contributed by atoms with Gasteiger partial charge in [-0.25, -0.2) is 0 Å². The van der Waals surface area contributed by atoms with E-state index in [1.54, 1.807) is 0 Å². The Morgan fingerprint density at radius 1 is 0.552 bits per heavy atom. The van der Waals surface area contributed by atoms with Crippen molar-refractivity contribution in [1.29, 1.82) is 0 Å². The predicted octanol–water partition coefficient (Wildman–Crippen LogP) is 4.45. The summed E-state index contributed by atoms with van der Waals surface area (Å²) in [5.74, 6) is 0.